The molecule has 0 atom stereocenters. The van der Waals surface area contributed by atoms with Crippen LogP contribution >= 0.6 is 7.60 Å². The fourth-order valence-electron chi connectivity index (χ4n) is 2.33. The Morgan fingerprint density at radius 3 is 2.31 bits per heavy atom. The lowest BCUT2D eigenvalue weighted by molar-refractivity contribution is 0.300. The van der Waals surface area contributed by atoms with Crippen molar-refractivity contribution in [3.05, 3.63) is 46.6 Å². The molecular formula is C16H13O9P. The van der Waals surface area contributed by atoms with E-state index in [4.69, 9.17) is 18.9 Å². The van der Waals surface area contributed by atoms with Crippen LogP contribution in [0.2, 0.25) is 0 Å². The van der Waals surface area contributed by atoms with E-state index in [-0.39, 0.29) is 33.8 Å². The highest BCUT2D eigenvalue weighted by atomic mass is 31.2. The maximum Gasteiger partial charge on any atom is 0.362 e. The molecule has 0 saturated carbocycles. The topological polar surface area (TPSA) is 158 Å². The Kier molecular flexibility index (Phi) is 4.37. The summed E-state index contributed by atoms with van der Waals surface area (Å²) >= 11 is 0. The minimum Gasteiger partial charge on any atom is -0.508 e. The molecule has 2 aromatic carbocycles. The van der Waals surface area contributed by atoms with Crippen LogP contribution in [0.5, 0.6) is 23.0 Å². The van der Waals surface area contributed by atoms with Gasteiger partial charge in [0.1, 0.15) is 28.2 Å². The zero-order valence-corrected chi connectivity index (χ0v) is 13.9. The molecule has 0 radical (unpaired) electrons. The number of hydrogen-bond acceptors (Lipinski definition) is 7. The van der Waals surface area contributed by atoms with E-state index >= 15 is 0 Å². The molecule has 0 bridgehead atoms. The summed E-state index contributed by atoms with van der Waals surface area (Å²) in [6.07, 6.45) is -0.790. The predicted molar refractivity (Wildman–Crippen MR) is 90.5 cm³/mol. The number of ether oxygens (including phenoxy) is 1. The quantitative estimate of drug-likeness (QED) is 0.427. The van der Waals surface area contributed by atoms with E-state index in [1.165, 1.54) is 24.3 Å². The number of fused-ring (bicyclic) bond motifs is 1. The van der Waals surface area contributed by atoms with E-state index in [9.17, 15) is 24.7 Å². The van der Waals surface area contributed by atoms with Crippen LogP contribution in [0.25, 0.3) is 22.3 Å². The average molecular weight is 380 g/mol. The number of phenolic OH excluding ortho intramolecular Hbond substituents is 2. The lowest BCUT2D eigenvalue weighted by atomic mass is 10.1. The third-order valence-electron chi connectivity index (χ3n) is 3.45. The molecule has 0 aliphatic heterocycles. The number of phenols is 2. The molecule has 1 aromatic heterocycles. The van der Waals surface area contributed by atoms with Crippen LogP contribution in [0.1, 0.15) is 0 Å². The van der Waals surface area contributed by atoms with Gasteiger partial charge in [-0.25, -0.2) is 0 Å². The molecular weight excluding hydrogens is 367 g/mol. The van der Waals surface area contributed by atoms with E-state index < -0.39 is 30.9 Å². The smallest absolute Gasteiger partial charge is 0.362 e. The highest BCUT2D eigenvalue weighted by Crippen LogP contribution is 2.37. The van der Waals surface area contributed by atoms with Crippen molar-refractivity contribution < 1.29 is 38.8 Å². The monoisotopic (exact) mass is 380 g/mol. The Balaban J connectivity index is 2.04. The molecule has 3 rings (SSSR count). The van der Waals surface area contributed by atoms with Gasteiger partial charge in [0.15, 0.2) is 12.1 Å². The Hall–Kier alpha value is -3.00. The Morgan fingerprint density at radius 2 is 1.69 bits per heavy atom. The minimum atomic E-state index is -4.32. The molecule has 3 aromatic rings. The summed E-state index contributed by atoms with van der Waals surface area (Å²) in [5.41, 5.74) is -0.726. The highest BCUT2D eigenvalue weighted by molar-refractivity contribution is 7.51. The molecule has 0 aliphatic rings. The SMILES string of the molecule is O=c1c(O)c(-c2ccc(OCP(=O)(O)O)cc2)oc2cc(O)cc(O)c12. The predicted octanol–water partition coefficient (Wildman–Crippen LogP) is 2.09. The Bertz CT molecular complexity index is 1080. The summed E-state index contributed by atoms with van der Waals surface area (Å²) in [5.74, 6) is -1.63. The van der Waals surface area contributed by atoms with E-state index in [0.29, 0.717) is 0 Å². The molecule has 10 heteroatoms. The van der Waals surface area contributed by atoms with E-state index in [1.807, 2.05) is 0 Å². The van der Waals surface area contributed by atoms with Crippen LogP contribution in [0.15, 0.2) is 45.6 Å². The average Bonchev–Trinajstić information content (AvgIpc) is 2.55. The Labute approximate surface area is 145 Å². The van der Waals surface area contributed by atoms with Crippen LogP contribution in [-0.2, 0) is 4.57 Å². The molecule has 9 nitrogen and oxygen atoms in total. The van der Waals surface area contributed by atoms with Crippen molar-refractivity contribution in [1.82, 2.24) is 0 Å². The van der Waals surface area contributed by atoms with Gasteiger partial charge in [0.2, 0.25) is 11.2 Å². The van der Waals surface area contributed by atoms with Gasteiger partial charge in [0.05, 0.1) is 0 Å². The summed E-state index contributed by atoms with van der Waals surface area (Å²) in [4.78, 5) is 29.8. The van der Waals surface area contributed by atoms with E-state index in [1.54, 1.807) is 0 Å². The summed E-state index contributed by atoms with van der Waals surface area (Å²) in [7, 11) is -4.32. The van der Waals surface area contributed by atoms with Gasteiger partial charge in [-0.15, -0.1) is 0 Å². The second-order valence-electron chi connectivity index (χ2n) is 5.41. The molecule has 5 N–H and O–H groups in total. The largest absolute Gasteiger partial charge is 0.508 e. The first kappa shape index (κ1) is 17.8. The second kappa shape index (κ2) is 6.38. The van der Waals surface area contributed by atoms with Crippen molar-refractivity contribution in [2.45, 2.75) is 0 Å². The maximum atomic E-state index is 12.3. The molecule has 0 amide bonds. The van der Waals surface area contributed by atoms with Crippen molar-refractivity contribution >= 4 is 18.6 Å². The molecule has 0 unspecified atom stereocenters. The second-order valence-corrected chi connectivity index (χ2v) is 7.00. The van der Waals surface area contributed by atoms with Crippen molar-refractivity contribution in [2.24, 2.45) is 0 Å². The van der Waals surface area contributed by atoms with Gasteiger partial charge in [0, 0.05) is 17.7 Å². The molecule has 0 fully saturated rings. The van der Waals surface area contributed by atoms with Crippen LogP contribution in [-0.4, -0.2) is 31.5 Å². The summed E-state index contributed by atoms with van der Waals surface area (Å²) in [6, 6.07) is 7.62. The van der Waals surface area contributed by atoms with Crippen LogP contribution < -0.4 is 10.2 Å². The fourth-order valence-corrected chi connectivity index (χ4v) is 2.65. The zero-order valence-electron chi connectivity index (χ0n) is 13.0. The first-order valence-electron chi connectivity index (χ1n) is 7.15. The number of benzene rings is 2. The highest BCUT2D eigenvalue weighted by Gasteiger charge is 2.19. The molecule has 136 valence electrons. The zero-order chi connectivity index (χ0) is 19.1. The van der Waals surface area contributed by atoms with E-state index in [0.717, 1.165) is 12.1 Å². The Morgan fingerprint density at radius 1 is 1.04 bits per heavy atom. The summed E-state index contributed by atoms with van der Waals surface area (Å²) in [6.45, 7) is 0. The fraction of sp³-hybridized carbons (Fsp3) is 0.0625. The van der Waals surface area contributed by atoms with Gasteiger partial charge >= 0.3 is 7.60 Å². The maximum absolute atomic E-state index is 12.3. The van der Waals surface area contributed by atoms with Gasteiger partial charge in [-0.05, 0) is 24.3 Å². The first-order valence-corrected chi connectivity index (χ1v) is 8.95. The normalized spacial score (nSPS) is 11.6. The number of rotatable bonds is 4. The lowest BCUT2D eigenvalue weighted by Gasteiger charge is -2.09. The number of aromatic hydroxyl groups is 3. The van der Waals surface area contributed by atoms with Crippen LogP contribution in [0.4, 0.5) is 0 Å². The van der Waals surface area contributed by atoms with Gasteiger partial charge in [-0.2, -0.15) is 0 Å². The summed E-state index contributed by atoms with van der Waals surface area (Å²) < 4.78 is 21.2. The van der Waals surface area contributed by atoms with Crippen LogP contribution in [0, 0.1) is 0 Å². The summed E-state index contributed by atoms with van der Waals surface area (Å²) in [5, 5.41) is 29.1. The molecule has 26 heavy (non-hydrogen) atoms. The van der Waals surface area contributed by atoms with Crippen molar-refractivity contribution in [1.29, 1.82) is 0 Å². The van der Waals surface area contributed by atoms with E-state index in [2.05, 4.69) is 0 Å². The van der Waals surface area contributed by atoms with Crippen LogP contribution in [0.3, 0.4) is 0 Å². The standard InChI is InChI=1S/C16H13O9P/c17-9-5-11(18)13-12(6-9)25-16(15(20)14(13)19)8-1-3-10(4-2-8)24-7-26(21,22)23/h1-6,17-18,20H,7H2,(H2,21,22,23). The molecule has 0 saturated heterocycles. The lowest BCUT2D eigenvalue weighted by Crippen LogP contribution is -2.03. The van der Waals surface area contributed by atoms with Crippen molar-refractivity contribution in [2.75, 3.05) is 6.35 Å². The first-order chi connectivity index (χ1) is 12.2. The third kappa shape index (κ3) is 3.50. The van der Waals surface area contributed by atoms with Crippen molar-refractivity contribution in [3.63, 3.8) is 0 Å². The van der Waals surface area contributed by atoms with Crippen molar-refractivity contribution in [3.8, 4) is 34.3 Å². The minimum absolute atomic E-state index is 0.123. The van der Waals surface area contributed by atoms with Gasteiger partial charge in [-0.3, -0.25) is 9.36 Å². The molecule has 0 aliphatic carbocycles. The molecule has 0 spiro atoms. The van der Waals surface area contributed by atoms with Gasteiger partial charge in [0.25, 0.3) is 0 Å². The third-order valence-corrected chi connectivity index (χ3v) is 3.92. The van der Waals surface area contributed by atoms with Gasteiger partial charge in [-0.1, -0.05) is 0 Å². The number of hydrogen-bond donors (Lipinski definition) is 5. The van der Waals surface area contributed by atoms with Gasteiger partial charge < -0.3 is 34.3 Å². The molecule has 1 heterocycles.